The van der Waals surface area contributed by atoms with Crippen LogP contribution in [-0.4, -0.2) is 88.4 Å². The lowest BCUT2D eigenvalue weighted by atomic mass is 10.2. The highest BCUT2D eigenvalue weighted by molar-refractivity contribution is 14.0. The van der Waals surface area contributed by atoms with Crippen LogP contribution < -0.4 is 10.6 Å². The summed E-state index contributed by atoms with van der Waals surface area (Å²) in [6.45, 7) is 16.9. The zero-order chi connectivity index (χ0) is 18.3. The molecule has 0 aromatic heterocycles. The van der Waals surface area contributed by atoms with Gasteiger partial charge >= 0.3 is 0 Å². The number of halogens is 1. The quantitative estimate of drug-likeness (QED) is 0.193. The summed E-state index contributed by atoms with van der Waals surface area (Å²) in [5.74, 6) is 1.54. The molecule has 26 heavy (non-hydrogen) atoms. The first-order valence-electron chi connectivity index (χ1n) is 10.1. The summed E-state index contributed by atoms with van der Waals surface area (Å²) in [6.07, 6.45) is 3.42. The van der Waals surface area contributed by atoms with Gasteiger partial charge in [-0.25, -0.2) is 0 Å². The topological polar surface area (TPSA) is 52.1 Å². The largest absolute Gasteiger partial charge is 0.381 e. The lowest BCUT2D eigenvalue weighted by molar-refractivity contribution is 0.109. The summed E-state index contributed by atoms with van der Waals surface area (Å²) in [6, 6.07) is 0. The molecule has 6 nitrogen and oxygen atoms in total. The predicted octanol–water partition coefficient (Wildman–Crippen LogP) is 2.25. The monoisotopic (exact) mass is 483 g/mol. The van der Waals surface area contributed by atoms with Crippen molar-refractivity contribution in [2.75, 3.05) is 72.6 Å². The highest BCUT2D eigenvalue weighted by atomic mass is 127. The van der Waals surface area contributed by atoms with Crippen LogP contribution in [0.2, 0.25) is 0 Å². The smallest absolute Gasteiger partial charge is 0.191 e. The lowest BCUT2D eigenvalue weighted by Crippen LogP contribution is -2.44. The van der Waals surface area contributed by atoms with Gasteiger partial charge in [0.2, 0.25) is 0 Å². The minimum atomic E-state index is 0. The van der Waals surface area contributed by atoms with E-state index >= 15 is 0 Å². The van der Waals surface area contributed by atoms with Crippen LogP contribution in [0.5, 0.6) is 0 Å². The van der Waals surface area contributed by atoms with Crippen LogP contribution in [0.15, 0.2) is 4.99 Å². The second kappa shape index (κ2) is 17.0. The maximum atomic E-state index is 5.60. The van der Waals surface area contributed by atoms with Gasteiger partial charge in [-0.05, 0) is 45.7 Å². The third-order valence-corrected chi connectivity index (χ3v) is 4.30. The van der Waals surface area contributed by atoms with Gasteiger partial charge in [0.25, 0.3) is 0 Å². The number of ether oxygens (including phenoxy) is 1. The molecule has 0 radical (unpaired) electrons. The molecule has 2 N–H and O–H groups in total. The highest BCUT2D eigenvalue weighted by Crippen LogP contribution is 2.01. The molecule has 0 atom stereocenters. The Labute approximate surface area is 178 Å². The van der Waals surface area contributed by atoms with Gasteiger partial charge in [-0.15, -0.1) is 24.0 Å². The average molecular weight is 483 g/mol. The molecule has 0 amide bonds. The number of aliphatic imine (C=N–C) groups is 1. The first kappa shape index (κ1) is 25.9. The van der Waals surface area contributed by atoms with Crippen molar-refractivity contribution in [3.05, 3.63) is 0 Å². The number of guanidine groups is 1. The van der Waals surface area contributed by atoms with E-state index in [0.29, 0.717) is 5.92 Å². The first-order chi connectivity index (χ1) is 12.1. The van der Waals surface area contributed by atoms with Crippen molar-refractivity contribution in [1.82, 2.24) is 20.4 Å². The predicted molar refractivity (Wildman–Crippen MR) is 123 cm³/mol. The molecule has 1 aliphatic rings. The molecule has 1 aliphatic heterocycles. The molecule has 7 heteroatoms. The van der Waals surface area contributed by atoms with E-state index in [2.05, 4.69) is 53.2 Å². The molecule has 0 aliphatic carbocycles. The first-order valence-corrected chi connectivity index (χ1v) is 10.1. The third kappa shape index (κ3) is 14.0. The van der Waals surface area contributed by atoms with Crippen molar-refractivity contribution in [2.45, 2.75) is 40.0 Å². The Balaban J connectivity index is 0.00000625. The van der Waals surface area contributed by atoms with Crippen LogP contribution in [-0.2, 0) is 4.74 Å². The SMILES string of the molecule is CCNC(=NCCCOCC(C)C)NCCCCN1CCN(C)CC1.I. The fraction of sp³-hybridized carbons (Fsp3) is 0.947. The van der Waals surface area contributed by atoms with E-state index in [1.807, 2.05) is 0 Å². The molecular weight excluding hydrogens is 441 g/mol. The molecular formula is C19H42IN5O. The van der Waals surface area contributed by atoms with Gasteiger partial charge in [0.15, 0.2) is 5.96 Å². The molecule has 1 fully saturated rings. The third-order valence-electron chi connectivity index (χ3n) is 4.30. The van der Waals surface area contributed by atoms with E-state index in [4.69, 9.17) is 4.74 Å². The van der Waals surface area contributed by atoms with E-state index in [0.717, 1.165) is 45.2 Å². The fourth-order valence-electron chi connectivity index (χ4n) is 2.76. The zero-order valence-electron chi connectivity index (χ0n) is 17.4. The zero-order valence-corrected chi connectivity index (χ0v) is 19.8. The van der Waals surface area contributed by atoms with Gasteiger partial charge in [0, 0.05) is 59.0 Å². The van der Waals surface area contributed by atoms with Gasteiger partial charge in [-0.2, -0.15) is 0 Å². The average Bonchev–Trinajstić information content (AvgIpc) is 2.59. The van der Waals surface area contributed by atoms with Crippen molar-refractivity contribution in [3.63, 3.8) is 0 Å². The molecule has 0 spiro atoms. The molecule has 156 valence electrons. The number of piperazine rings is 1. The van der Waals surface area contributed by atoms with E-state index < -0.39 is 0 Å². The molecule has 0 aromatic rings. The number of rotatable bonds is 12. The van der Waals surface area contributed by atoms with E-state index in [-0.39, 0.29) is 24.0 Å². The van der Waals surface area contributed by atoms with Gasteiger partial charge in [-0.3, -0.25) is 4.99 Å². The summed E-state index contributed by atoms with van der Waals surface area (Å²) >= 11 is 0. The van der Waals surface area contributed by atoms with Crippen molar-refractivity contribution in [2.24, 2.45) is 10.9 Å². The Kier molecular flexibility index (Phi) is 16.9. The van der Waals surface area contributed by atoms with Crippen LogP contribution in [0.4, 0.5) is 0 Å². The van der Waals surface area contributed by atoms with Gasteiger partial charge in [-0.1, -0.05) is 13.8 Å². The number of likely N-dealkylation sites (N-methyl/N-ethyl adjacent to an activating group) is 1. The van der Waals surface area contributed by atoms with E-state index in [1.54, 1.807) is 0 Å². The van der Waals surface area contributed by atoms with Crippen molar-refractivity contribution in [3.8, 4) is 0 Å². The highest BCUT2D eigenvalue weighted by Gasteiger charge is 2.12. The summed E-state index contributed by atoms with van der Waals surface area (Å²) in [7, 11) is 2.21. The van der Waals surface area contributed by atoms with Crippen LogP contribution in [0, 0.1) is 5.92 Å². The summed E-state index contributed by atoms with van der Waals surface area (Å²) in [4.78, 5) is 9.61. The normalized spacial score (nSPS) is 16.6. The van der Waals surface area contributed by atoms with Crippen LogP contribution in [0.25, 0.3) is 0 Å². The van der Waals surface area contributed by atoms with Crippen LogP contribution >= 0.6 is 24.0 Å². The van der Waals surface area contributed by atoms with Gasteiger partial charge in [0.05, 0.1) is 0 Å². The Morgan fingerprint density at radius 1 is 1.08 bits per heavy atom. The summed E-state index contributed by atoms with van der Waals surface area (Å²) in [5.41, 5.74) is 0. The Bertz CT molecular complexity index is 347. The standard InChI is InChI=1S/C19H41N5O.HI/c1-5-20-19(22-10-8-16-25-17-18(2)3)21-9-6-7-11-24-14-12-23(4)13-15-24;/h18H,5-17H2,1-4H3,(H2,20,21,22);1H. The van der Waals surface area contributed by atoms with Crippen LogP contribution in [0.3, 0.4) is 0 Å². The maximum absolute atomic E-state index is 5.60. The molecule has 0 saturated carbocycles. The fourth-order valence-corrected chi connectivity index (χ4v) is 2.76. The number of unbranched alkanes of at least 4 members (excludes halogenated alkanes) is 1. The minimum Gasteiger partial charge on any atom is -0.381 e. The number of hydrogen-bond donors (Lipinski definition) is 2. The number of hydrogen-bond acceptors (Lipinski definition) is 4. The molecule has 0 unspecified atom stereocenters. The van der Waals surface area contributed by atoms with Gasteiger partial charge in [0.1, 0.15) is 0 Å². The van der Waals surface area contributed by atoms with Crippen molar-refractivity contribution < 1.29 is 4.74 Å². The van der Waals surface area contributed by atoms with E-state index in [1.165, 1.54) is 45.6 Å². The Hall–Kier alpha value is -0.120. The minimum absolute atomic E-state index is 0. The van der Waals surface area contributed by atoms with Gasteiger partial charge < -0.3 is 25.2 Å². The second-order valence-electron chi connectivity index (χ2n) is 7.36. The maximum Gasteiger partial charge on any atom is 0.191 e. The molecule has 1 saturated heterocycles. The van der Waals surface area contributed by atoms with E-state index in [9.17, 15) is 0 Å². The number of nitrogens with zero attached hydrogens (tertiary/aromatic N) is 3. The second-order valence-corrected chi connectivity index (χ2v) is 7.36. The molecule has 0 aromatic carbocycles. The lowest BCUT2D eigenvalue weighted by Gasteiger charge is -2.32. The van der Waals surface area contributed by atoms with Crippen molar-refractivity contribution in [1.29, 1.82) is 0 Å². The molecule has 1 rings (SSSR count). The summed E-state index contributed by atoms with van der Waals surface area (Å²) < 4.78 is 5.60. The molecule has 1 heterocycles. The van der Waals surface area contributed by atoms with Crippen LogP contribution in [0.1, 0.15) is 40.0 Å². The molecule has 0 bridgehead atoms. The summed E-state index contributed by atoms with van der Waals surface area (Å²) in [5, 5.41) is 6.76. The Morgan fingerprint density at radius 2 is 1.81 bits per heavy atom. The number of nitrogens with one attached hydrogen (secondary N) is 2. The Morgan fingerprint density at radius 3 is 2.46 bits per heavy atom. The van der Waals surface area contributed by atoms with Crippen molar-refractivity contribution >= 4 is 29.9 Å².